The molecular formula is C27H27N7O3. The molecule has 3 aromatic heterocycles. The van der Waals surface area contributed by atoms with Crippen molar-refractivity contribution in [3.63, 3.8) is 0 Å². The van der Waals surface area contributed by atoms with Crippen molar-refractivity contribution in [2.45, 2.75) is 32.2 Å². The van der Waals surface area contributed by atoms with Gasteiger partial charge in [0.1, 0.15) is 23.5 Å². The van der Waals surface area contributed by atoms with Crippen molar-refractivity contribution in [2.24, 2.45) is 0 Å². The molecule has 10 nitrogen and oxygen atoms in total. The van der Waals surface area contributed by atoms with Crippen molar-refractivity contribution in [3.8, 4) is 22.7 Å². The minimum absolute atomic E-state index is 0.0240. The third-order valence-electron chi connectivity index (χ3n) is 6.81. The summed E-state index contributed by atoms with van der Waals surface area (Å²) in [6.07, 6.45) is 7.13. The SMILES string of the molecule is COc1cc(-c2cn(CC(=O)N3CCC(c4nc5ccccc5o4)CC3)nn2)ccc1-n1cnc(C)c1. The standard InChI is InChI=1S/C27H27N7O3/c1-18-14-33(17-28-18)23-8-7-20(13-25(23)36-2)22-15-34(31-30-22)16-26(35)32-11-9-19(10-12-32)27-29-21-5-3-4-6-24(21)37-27/h3-8,13-15,17,19H,9-12,16H2,1-2H3. The lowest BCUT2D eigenvalue weighted by atomic mass is 9.97. The first-order valence-electron chi connectivity index (χ1n) is 12.3. The van der Waals surface area contributed by atoms with Gasteiger partial charge in [-0.05, 0) is 44.0 Å². The number of imidazole rings is 1. The van der Waals surface area contributed by atoms with Crippen LogP contribution in [0.25, 0.3) is 28.0 Å². The Morgan fingerprint density at radius 3 is 2.73 bits per heavy atom. The Morgan fingerprint density at radius 1 is 1.14 bits per heavy atom. The average Bonchev–Trinajstić information content (AvgIpc) is 3.68. The molecular weight excluding hydrogens is 470 g/mol. The number of ether oxygens (including phenoxy) is 1. The van der Waals surface area contributed by atoms with Gasteiger partial charge in [0.2, 0.25) is 5.91 Å². The summed E-state index contributed by atoms with van der Waals surface area (Å²) in [5.74, 6) is 1.70. The summed E-state index contributed by atoms with van der Waals surface area (Å²) in [6, 6.07) is 13.6. The summed E-state index contributed by atoms with van der Waals surface area (Å²) < 4.78 is 15.1. The van der Waals surface area contributed by atoms with Gasteiger partial charge < -0.3 is 18.6 Å². The zero-order valence-corrected chi connectivity index (χ0v) is 20.7. The van der Waals surface area contributed by atoms with Gasteiger partial charge in [0.15, 0.2) is 11.5 Å². The first-order valence-corrected chi connectivity index (χ1v) is 12.3. The fraction of sp³-hybridized carbons (Fsp3) is 0.296. The van der Waals surface area contributed by atoms with Crippen molar-refractivity contribution in [1.29, 1.82) is 0 Å². The molecule has 0 saturated carbocycles. The number of amides is 1. The molecule has 1 amide bonds. The predicted octanol–water partition coefficient (Wildman–Crippen LogP) is 4.00. The number of benzene rings is 2. The summed E-state index contributed by atoms with van der Waals surface area (Å²) in [4.78, 5) is 23.8. The smallest absolute Gasteiger partial charge is 0.244 e. The lowest BCUT2D eigenvalue weighted by molar-refractivity contribution is -0.133. The Bertz CT molecular complexity index is 1530. The molecule has 0 unspecified atom stereocenters. The average molecular weight is 498 g/mol. The van der Waals surface area contributed by atoms with Gasteiger partial charge in [-0.1, -0.05) is 23.4 Å². The van der Waals surface area contributed by atoms with E-state index >= 15 is 0 Å². The van der Waals surface area contributed by atoms with Crippen molar-refractivity contribution < 1.29 is 13.9 Å². The summed E-state index contributed by atoms with van der Waals surface area (Å²) in [5, 5.41) is 8.48. The maximum atomic E-state index is 13.0. The molecule has 10 heteroatoms. The number of likely N-dealkylation sites (tertiary alicyclic amines) is 1. The van der Waals surface area contributed by atoms with Crippen LogP contribution >= 0.6 is 0 Å². The second-order valence-electron chi connectivity index (χ2n) is 9.29. The fourth-order valence-electron chi connectivity index (χ4n) is 4.79. The van der Waals surface area contributed by atoms with Crippen molar-refractivity contribution in [1.82, 2.24) is 34.4 Å². The van der Waals surface area contributed by atoms with Gasteiger partial charge in [0.05, 0.1) is 31.0 Å². The third-order valence-corrected chi connectivity index (χ3v) is 6.81. The van der Waals surface area contributed by atoms with E-state index in [9.17, 15) is 4.79 Å². The maximum Gasteiger partial charge on any atom is 0.244 e. The minimum atomic E-state index is 0.0240. The Labute approximate surface area is 213 Å². The molecule has 1 fully saturated rings. The van der Waals surface area contributed by atoms with Crippen LogP contribution in [0.4, 0.5) is 0 Å². The number of piperidine rings is 1. The number of fused-ring (bicyclic) bond motifs is 1. The van der Waals surface area contributed by atoms with Crippen molar-refractivity contribution in [2.75, 3.05) is 20.2 Å². The number of nitrogens with zero attached hydrogens (tertiary/aromatic N) is 7. The van der Waals surface area contributed by atoms with Crippen LogP contribution < -0.4 is 4.74 Å². The van der Waals surface area contributed by atoms with E-state index in [0.29, 0.717) is 24.5 Å². The lowest BCUT2D eigenvalue weighted by Crippen LogP contribution is -2.39. The fourth-order valence-corrected chi connectivity index (χ4v) is 4.79. The van der Waals surface area contributed by atoms with Gasteiger partial charge in [-0.15, -0.1) is 5.10 Å². The van der Waals surface area contributed by atoms with E-state index in [2.05, 4.69) is 20.3 Å². The molecule has 0 N–H and O–H groups in total. The first kappa shape index (κ1) is 23.0. The highest BCUT2D eigenvalue weighted by Crippen LogP contribution is 2.31. The molecule has 0 radical (unpaired) electrons. The van der Waals surface area contributed by atoms with E-state index in [1.54, 1.807) is 24.3 Å². The highest BCUT2D eigenvalue weighted by atomic mass is 16.5. The second kappa shape index (κ2) is 9.53. The van der Waals surface area contributed by atoms with Gasteiger partial charge in [-0.25, -0.2) is 14.6 Å². The number of hydrogen-bond acceptors (Lipinski definition) is 7. The number of carbonyl (C=O) groups is 1. The molecule has 1 aliphatic rings. The van der Waals surface area contributed by atoms with Crippen molar-refractivity contribution >= 4 is 17.0 Å². The molecule has 1 saturated heterocycles. The summed E-state index contributed by atoms with van der Waals surface area (Å²) in [7, 11) is 1.63. The predicted molar refractivity (Wildman–Crippen MR) is 136 cm³/mol. The molecule has 4 heterocycles. The van der Waals surface area contributed by atoms with Gasteiger partial charge >= 0.3 is 0 Å². The molecule has 2 aromatic carbocycles. The highest BCUT2D eigenvalue weighted by molar-refractivity contribution is 5.76. The van der Waals surface area contributed by atoms with Crippen LogP contribution in [0.1, 0.15) is 30.3 Å². The summed E-state index contributed by atoms with van der Waals surface area (Å²) >= 11 is 0. The molecule has 0 atom stereocenters. The number of oxazole rings is 1. The number of para-hydroxylation sites is 2. The number of methoxy groups -OCH3 is 1. The Hall–Kier alpha value is -4.47. The normalized spacial score (nSPS) is 14.4. The van der Waals surface area contributed by atoms with Crippen LogP contribution in [0.2, 0.25) is 0 Å². The maximum absolute atomic E-state index is 13.0. The molecule has 0 spiro atoms. The monoisotopic (exact) mass is 497 g/mol. The Morgan fingerprint density at radius 2 is 1.97 bits per heavy atom. The molecule has 6 rings (SSSR count). The molecule has 37 heavy (non-hydrogen) atoms. The summed E-state index contributed by atoms with van der Waals surface area (Å²) in [5.41, 5.74) is 5.03. The Kier molecular flexibility index (Phi) is 5.91. The van der Waals surface area contributed by atoms with Gasteiger partial charge in [-0.3, -0.25) is 4.79 Å². The van der Waals surface area contributed by atoms with Gasteiger partial charge in [-0.2, -0.15) is 0 Å². The lowest BCUT2D eigenvalue weighted by Gasteiger charge is -2.30. The van der Waals surface area contributed by atoms with Crippen LogP contribution in [0.3, 0.4) is 0 Å². The summed E-state index contributed by atoms with van der Waals surface area (Å²) in [6.45, 7) is 3.41. The van der Waals surface area contributed by atoms with Crippen LogP contribution in [0.5, 0.6) is 5.75 Å². The van der Waals surface area contributed by atoms with E-state index in [-0.39, 0.29) is 18.4 Å². The largest absolute Gasteiger partial charge is 0.495 e. The number of hydrogen-bond donors (Lipinski definition) is 0. The molecule has 1 aliphatic heterocycles. The molecule has 0 aliphatic carbocycles. The van der Waals surface area contributed by atoms with Gasteiger partial charge in [0, 0.05) is 30.8 Å². The topological polar surface area (TPSA) is 104 Å². The zero-order chi connectivity index (χ0) is 25.4. The quantitative estimate of drug-likeness (QED) is 0.349. The number of rotatable bonds is 6. The zero-order valence-electron chi connectivity index (χ0n) is 20.7. The second-order valence-corrected chi connectivity index (χ2v) is 9.29. The van der Waals surface area contributed by atoms with E-state index in [4.69, 9.17) is 9.15 Å². The molecule has 0 bridgehead atoms. The van der Waals surface area contributed by atoms with Gasteiger partial charge in [0.25, 0.3) is 0 Å². The Balaban J connectivity index is 1.09. The van der Waals surface area contributed by atoms with E-state index in [1.165, 1.54) is 0 Å². The first-order chi connectivity index (χ1) is 18.1. The highest BCUT2D eigenvalue weighted by Gasteiger charge is 2.27. The third kappa shape index (κ3) is 4.57. The van der Waals surface area contributed by atoms with Crippen LogP contribution in [0, 0.1) is 6.92 Å². The van der Waals surface area contributed by atoms with E-state index in [1.807, 2.05) is 65.1 Å². The van der Waals surface area contributed by atoms with E-state index in [0.717, 1.165) is 46.8 Å². The number of aromatic nitrogens is 6. The number of aryl methyl sites for hydroxylation is 1. The number of carbonyl (C=O) groups excluding carboxylic acids is 1. The van der Waals surface area contributed by atoms with Crippen LogP contribution in [-0.2, 0) is 11.3 Å². The minimum Gasteiger partial charge on any atom is -0.495 e. The van der Waals surface area contributed by atoms with E-state index < -0.39 is 0 Å². The van der Waals surface area contributed by atoms with Crippen molar-refractivity contribution in [3.05, 3.63) is 72.8 Å². The molecule has 5 aromatic rings. The molecule has 188 valence electrons. The van der Waals surface area contributed by atoms with Crippen LogP contribution in [-0.4, -0.2) is 60.5 Å². The van der Waals surface area contributed by atoms with Crippen LogP contribution in [0.15, 0.2) is 65.6 Å².